The first kappa shape index (κ1) is 16.2. The molecule has 4 heteroatoms. The molecular weight excluding hydrogens is 304 g/mol. The Labute approximate surface area is 141 Å². The van der Waals surface area contributed by atoms with E-state index in [-0.39, 0.29) is 5.78 Å². The van der Waals surface area contributed by atoms with Gasteiger partial charge in [0.05, 0.1) is 0 Å². The summed E-state index contributed by atoms with van der Waals surface area (Å²) in [6, 6.07) is 9.32. The van der Waals surface area contributed by atoms with Gasteiger partial charge in [-0.15, -0.1) is 0 Å². The summed E-state index contributed by atoms with van der Waals surface area (Å²) < 4.78 is 10.5. The number of hydrogen-bond acceptors (Lipinski definition) is 4. The molecule has 1 atom stereocenters. The van der Waals surface area contributed by atoms with Crippen LogP contribution in [0.15, 0.2) is 40.8 Å². The molecule has 1 aliphatic carbocycles. The van der Waals surface area contributed by atoms with Gasteiger partial charge in [-0.25, -0.2) is 4.79 Å². The average molecular weight is 324 g/mol. The molecule has 3 rings (SSSR count). The van der Waals surface area contributed by atoms with Crippen LogP contribution in [0.5, 0.6) is 0 Å². The topological polar surface area (TPSA) is 56.5 Å². The molecular formula is C20H20O4. The zero-order chi connectivity index (χ0) is 17.1. The second-order valence-corrected chi connectivity index (χ2v) is 6.06. The van der Waals surface area contributed by atoms with Crippen molar-refractivity contribution < 1.29 is 18.7 Å². The smallest absolute Gasteiger partial charge is 0.331 e. The van der Waals surface area contributed by atoms with Crippen LogP contribution in [0.25, 0.3) is 6.08 Å². The number of carbonyl (C=O) groups excluding carboxylic acids is 2. The highest BCUT2D eigenvalue weighted by atomic mass is 16.5. The van der Waals surface area contributed by atoms with Crippen LogP contribution in [0.3, 0.4) is 0 Å². The number of ketones is 1. The Morgan fingerprint density at radius 2 is 1.96 bits per heavy atom. The molecule has 0 N–H and O–H groups in total. The number of carbonyl (C=O) groups is 2. The fourth-order valence-corrected chi connectivity index (χ4v) is 2.92. The van der Waals surface area contributed by atoms with E-state index >= 15 is 0 Å². The molecule has 24 heavy (non-hydrogen) atoms. The van der Waals surface area contributed by atoms with Gasteiger partial charge >= 0.3 is 5.97 Å². The third-order valence-corrected chi connectivity index (χ3v) is 4.19. The van der Waals surface area contributed by atoms with Crippen LogP contribution in [0.1, 0.15) is 46.3 Å². The van der Waals surface area contributed by atoms with E-state index in [4.69, 9.17) is 9.15 Å². The van der Waals surface area contributed by atoms with Gasteiger partial charge in [0.2, 0.25) is 5.78 Å². The predicted octanol–water partition coefficient (Wildman–Crippen LogP) is 3.90. The summed E-state index contributed by atoms with van der Waals surface area (Å²) in [5, 5.41) is 0. The van der Waals surface area contributed by atoms with Gasteiger partial charge < -0.3 is 9.15 Å². The molecule has 0 unspecified atom stereocenters. The first-order chi connectivity index (χ1) is 11.5. The average Bonchev–Trinajstić information content (AvgIpc) is 3.19. The molecule has 1 aromatic carbocycles. The van der Waals surface area contributed by atoms with Gasteiger partial charge in [-0.2, -0.15) is 0 Å². The molecule has 0 amide bonds. The molecule has 0 aliphatic heterocycles. The molecule has 1 aromatic heterocycles. The van der Waals surface area contributed by atoms with Gasteiger partial charge in [-0.05, 0) is 68.5 Å². The monoisotopic (exact) mass is 324 g/mol. The third kappa shape index (κ3) is 3.65. The standard InChI is InChI=1S/C20H20O4/c1-13-6-9-18(23-13)10-11-19(21)24-14(2)20(22)17-8-7-15-4-3-5-16(15)12-17/h6-12,14H,3-5H2,1-2H3/b11-10-/t14-/m1/s1. The Kier molecular flexibility index (Phi) is 4.65. The molecule has 0 saturated carbocycles. The van der Waals surface area contributed by atoms with Crippen LogP contribution >= 0.6 is 0 Å². The van der Waals surface area contributed by atoms with E-state index < -0.39 is 12.1 Å². The van der Waals surface area contributed by atoms with Crippen molar-refractivity contribution >= 4 is 17.8 Å². The van der Waals surface area contributed by atoms with Crippen molar-refractivity contribution in [2.75, 3.05) is 0 Å². The van der Waals surface area contributed by atoms with E-state index in [1.165, 1.54) is 23.3 Å². The van der Waals surface area contributed by atoms with Crippen LogP contribution in [-0.4, -0.2) is 17.9 Å². The summed E-state index contributed by atoms with van der Waals surface area (Å²) in [4.78, 5) is 24.3. The maximum Gasteiger partial charge on any atom is 0.331 e. The number of Topliss-reactive ketones (excluding diaryl/α,β-unsaturated/α-hetero) is 1. The van der Waals surface area contributed by atoms with E-state index in [0.29, 0.717) is 11.3 Å². The Bertz CT molecular complexity index is 798. The Balaban J connectivity index is 1.61. The van der Waals surface area contributed by atoms with Crippen LogP contribution in [0.4, 0.5) is 0 Å². The second kappa shape index (κ2) is 6.87. The van der Waals surface area contributed by atoms with E-state index in [1.54, 1.807) is 13.0 Å². The van der Waals surface area contributed by atoms with E-state index in [9.17, 15) is 9.59 Å². The maximum absolute atomic E-state index is 12.4. The fraction of sp³-hybridized carbons (Fsp3) is 0.300. The normalized spacial score (nSPS) is 14.6. The summed E-state index contributed by atoms with van der Waals surface area (Å²) >= 11 is 0. The number of esters is 1. The van der Waals surface area contributed by atoms with Crippen LogP contribution < -0.4 is 0 Å². The Hall–Kier alpha value is -2.62. The highest BCUT2D eigenvalue weighted by Gasteiger charge is 2.20. The van der Waals surface area contributed by atoms with Gasteiger partial charge in [0, 0.05) is 11.6 Å². The number of fused-ring (bicyclic) bond motifs is 1. The summed E-state index contributed by atoms with van der Waals surface area (Å²) in [6.45, 7) is 3.42. The quantitative estimate of drug-likeness (QED) is 0.475. The number of rotatable bonds is 5. The van der Waals surface area contributed by atoms with Crippen molar-refractivity contribution in [1.29, 1.82) is 0 Å². The molecule has 0 spiro atoms. The minimum Gasteiger partial charge on any atom is -0.462 e. The summed E-state index contributed by atoms with van der Waals surface area (Å²) in [5.74, 6) is 0.594. The lowest BCUT2D eigenvalue weighted by atomic mass is 10.0. The highest BCUT2D eigenvalue weighted by Crippen LogP contribution is 2.23. The van der Waals surface area contributed by atoms with E-state index in [2.05, 4.69) is 0 Å². The number of ether oxygens (including phenoxy) is 1. The maximum atomic E-state index is 12.4. The zero-order valence-corrected chi connectivity index (χ0v) is 13.9. The van der Waals surface area contributed by atoms with Gasteiger partial charge in [0.15, 0.2) is 6.10 Å². The lowest BCUT2D eigenvalue weighted by Gasteiger charge is -2.11. The van der Waals surface area contributed by atoms with Crippen LogP contribution in [-0.2, 0) is 22.4 Å². The SMILES string of the molecule is Cc1ccc(/C=C\C(=O)O[C@H](C)C(=O)c2ccc3c(c2)CCC3)o1. The lowest BCUT2D eigenvalue weighted by molar-refractivity contribution is -0.140. The van der Waals surface area contributed by atoms with Crippen LogP contribution in [0, 0.1) is 6.92 Å². The van der Waals surface area contributed by atoms with Crippen molar-refractivity contribution in [1.82, 2.24) is 0 Å². The minimum atomic E-state index is -0.819. The molecule has 2 aromatic rings. The third-order valence-electron chi connectivity index (χ3n) is 4.19. The summed E-state index contributed by atoms with van der Waals surface area (Å²) in [7, 11) is 0. The molecule has 0 fully saturated rings. The highest BCUT2D eigenvalue weighted by molar-refractivity contribution is 6.01. The Morgan fingerprint density at radius 3 is 2.71 bits per heavy atom. The van der Waals surface area contributed by atoms with Gasteiger partial charge in [0.1, 0.15) is 11.5 Å². The van der Waals surface area contributed by atoms with Gasteiger partial charge in [-0.3, -0.25) is 4.79 Å². The first-order valence-corrected chi connectivity index (χ1v) is 8.14. The summed E-state index contributed by atoms with van der Waals surface area (Å²) in [6.07, 6.45) is 5.20. The molecule has 1 heterocycles. The second-order valence-electron chi connectivity index (χ2n) is 6.06. The predicted molar refractivity (Wildman–Crippen MR) is 90.8 cm³/mol. The minimum absolute atomic E-state index is 0.180. The van der Waals surface area contributed by atoms with Crippen molar-refractivity contribution in [3.05, 3.63) is 64.6 Å². The summed E-state index contributed by atoms with van der Waals surface area (Å²) in [5.41, 5.74) is 3.14. The lowest BCUT2D eigenvalue weighted by Crippen LogP contribution is -2.23. The van der Waals surface area contributed by atoms with Crippen molar-refractivity contribution in [2.24, 2.45) is 0 Å². The molecule has 0 saturated heterocycles. The van der Waals surface area contributed by atoms with Gasteiger partial charge in [0.25, 0.3) is 0 Å². The molecule has 0 bridgehead atoms. The van der Waals surface area contributed by atoms with Crippen LogP contribution in [0.2, 0.25) is 0 Å². The molecule has 1 aliphatic rings. The fourth-order valence-electron chi connectivity index (χ4n) is 2.92. The largest absolute Gasteiger partial charge is 0.462 e. The van der Waals surface area contributed by atoms with Crippen molar-refractivity contribution in [3.8, 4) is 0 Å². The van der Waals surface area contributed by atoms with Crippen molar-refractivity contribution in [2.45, 2.75) is 39.2 Å². The number of hydrogen-bond donors (Lipinski definition) is 0. The molecule has 0 radical (unpaired) electrons. The van der Waals surface area contributed by atoms with Crippen molar-refractivity contribution in [3.63, 3.8) is 0 Å². The number of furan rings is 1. The van der Waals surface area contributed by atoms with E-state index in [1.807, 2.05) is 31.2 Å². The zero-order valence-electron chi connectivity index (χ0n) is 13.9. The molecule has 4 nitrogen and oxygen atoms in total. The molecule has 124 valence electrons. The Morgan fingerprint density at radius 1 is 1.17 bits per heavy atom. The van der Waals surface area contributed by atoms with E-state index in [0.717, 1.165) is 25.0 Å². The number of aryl methyl sites for hydroxylation is 3. The first-order valence-electron chi connectivity index (χ1n) is 8.14. The van der Waals surface area contributed by atoms with Gasteiger partial charge in [-0.1, -0.05) is 12.1 Å². The number of benzene rings is 1.